The summed E-state index contributed by atoms with van der Waals surface area (Å²) in [5.41, 5.74) is 0.623. The van der Waals surface area contributed by atoms with Gasteiger partial charge in [0.25, 0.3) is 0 Å². The molecule has 0 heterocycles. The van der Waals surface area contributed by atoms with Crippen LogP contribution >= 0.6 is 0 Å². The van der Waals surface area contributed by atoms with E-state index in [1.54, 1.807) is 32.3 Å². The van der Waals surface area contributed by atoms with Gasteiger partial charge in [-0.2, -0.15) is 8.78 Å². The van der Waals surface area contributed by atoms with Gasteiger partial charge >= 0.3 is 6.61 Å². The van der Waals surface area contributed by atoms with Crippen molar-refractivity contribution in [3.63, 3.8) is 0 Å². The van der Waals surface area contributed by atoms with Crippen LogP contribution in [0.25, 0.3) is 6.08 Å². The lowest BCUT2D eigenvalue weighted by Gasteiger charge is -2.06. The van der Waals surface area contributed by atoms with Crippen LogP contribution in [0.15, 0.2) is 30.3 Å². The van der Waals surface area contributed by atoms with E-state index in [-0.39, 0.29) is 11.7 Å². The summed E-state index contributed by atoms with van der Waals surface area (Å²) in [6, 6.07) is 6.14. The first-order valence-electron chi connectivity index (χ1n) is 4.93. The van der Waals surface area contributed by atoms with Crippen molar-refractivity contribution in [2.75, 3.05) is 14.1 Å². The van der Waals surface area contributed by atoms with Crippen LogP contribution in [0, 0.1) is 0 Å². The third-order valence-corrected chi connectivity index (χ3v) is 1.94. The minimum atomic E-state index is -2.85. The fraction of sp³-hybridized carbons (Fsp3) is 0.250. The van der Waals surface area contributed by atoms with E-state index in [2.05, 4.69) is 4.74 Å². The van der Waals surface area contributed by atoms with Crippen molar-refractivity contribution in [1.29, 1.82) is 0 Å². The predicted octanol–water partition coefficient (Wildman–Crippen LogP) is 2.39. The number of ether oxygens (including phenoxy) is 1. The molecule has 17 heavy (non-hydrogen) atoms. The zero-order valence-corrected chi connectivity index (χ0v) is 9.56. The highest BCUT2D eigenvalue weighted by Crippen LogP contribution is 2.16. The number of hydrogen-bond acceptors (Lipinski definition) is 2. The highest BCUT2D eigenvalue weighted by molar-refractivity contribution is 5.91. The number of carbonyl (C=O) groups excluding carboxylic acids is 1. The molecule has 92 valence electrons. The van der Waals surface area contributed by atoms with Gasteiger partial charge in [0.15, 0.2) is 0 Å². The maximum Gasteiger partial charge on any atom is 0.387 e. The maximum absolute atomic E-state index is 12.0. The number of hydrogen-bond donors (Lipinski definition) is 0. The first kappa shape index (κ1) is 13.2. The Balaban J connectivity index is 2.75. The Morgan fingerprint density at radius 1 is 1.41 bits per heavy atom. The Hall–Kier alpha value is -1.91. The standard InChI is InChI=1S/C12H13F2NO2/c1-15(2)11(16)7-6-9-4-3-5-10(8-9)17-12(13)14/h3-8,12H,1-2H3. The monoisotopic (exact) mass is 241 g/mol. The second-order valence-electron chi connectivity index (χ2n) is 3.52. The Morgan fingerprint density at radius 2 is 2.12 bits per heavy atom. The largest absolute Gasteiger partial charge is 0.435 e. The van der Waals surface area contributed by atoms with Crippen LogP contribution in [0.3, 0.4) is 0 Å². The Labute approximate surface area is 98.3 Å². The molecule has 0 N–H and O–H groups in total. The van der Waals surface area contributed by atoms with E-state index in [4.69, 9.17) is 0 Å². The Morgan fingerprint density at radius 3 is 2.71 bits per heavy atom. The molecule has 3 nitrogen and oxygen atoms in total. The summed E-state index contributed by atoms with van der Waals surface area (Å²) in [6.45, 7) is -2.85. The maximum atomic E-state index is 12.0. The number of benzene rings is 1. The number of nitrogens with zero attached hydrogens (tertiary/aromatic N) is 1. The SMILES string of the molecule is CN(C)C(=O)C=Cc1cccc(OC(F)F)c1. The fourth-order valence-electron chi connectivity index (χ4n) is 1.11. The lowest BCUT2D eigenvalue weighted by molar-refractivity contribution is -0.123. The molecule has 0 atom stereocenters. The summed E-state index contributed by atoms with van der Waals surface area (Å²) in [5, 5.41) is 0. The van der Waals surface area contributed by atoms with Gasteiger partial charge in [0.05, 0.1) is 0 Å². The second-order valence-corrected chi connectivity index (χ2v) is 3.52. The lowest BCUT2D eigenvalue weighted by atomic mass is 10.2. The van der Waals surface area contributed by atoms with Crippen molar-refractivity contribution in [2.45, 2.75) is 6.61 Å². The van der Waals surface area contributed by atoms with Gasteiger partial charge in [-0.05, 0) is 23.8 Å². The molecule has 1 rings (SSSR count). The molecule has 0 radical (unpaired) electrons. The third-order valence-electron chi connectivity index (χ3n) is 1.94. The molecule has 0 fully saturated rings. The second kappa shape index (κ2) is 5.98. The van der Waals surface area contributed by atoms with Gasteiger partial charge in [-0.3, -0.25) is 4.79 Å². The molecule has 0 aliphatic carbocycles. The molecule has 0 saturated heterocycles. The molecule has 0 saturated carbocycles. The van der Waals surface area contributed by atoms with Crippen molar-refractivity contribution in [2.24, 2.45) is 0 Å². The highest BCUT2D eigenvalue weighted by atomic mass is 19.3. The number of alkyl halides is 2. The summed E-state index contributed by atoms with van der Waals surface area (Å²) < 4.78 is 28.2. The van der Waals surface area contributed by atoms with Crippen molar-refractivity contribution in [3.05, 3.63) is 35.9 Å². The third kappa shape index (κ3) is 4.63. The van der Waals surface area contributed by atoms with Crippen LogP contribution in [0.4, 0.5) is 8.78 Å². The highest BCUT2D eigenvalue weighted by Gasteiger charge is 2.04. The van der Waals surface area contributed by atoms with Gasteiger partial charge in [-0.1, -0.05) is 12.1 Å². The van der Waals surface area contributed by atoms with Gasteiger partial charge in [0, 0.05) is 20.2 Å². The van der Waals surface area contributed by atoms with Gasteiger partial charge < -0.3 is 9.64 Å². The minimum absolute atomic E-state index is 0.0689. The van der Waals surface area contributed by atoms with E-state index in [1.807, 2.05) is 0 Å². The van der Waals surface area contributed by atoms with Crippen LogP contribution < -0.4 is 4.74 Å². The number of carbonyl (C=O) groups is 1. The Kier molecular flexibility index (Phi) is 4.63. The van der Waals surface area contributed by atoms with Crippen LogP contribution in [0.2, 0.25) is 0 Å². The van der Waals surface area contributed by atoms with E-state index < -0.39 is 6.61 Å². The zero-order valence-electron chi connectivity index (χ0n) is 9.56. The van der Waals surface area contributed by atoms with Crippen LogP contribution in [0.5, 0.6) is 5.75 Å². The van der Waals surface area contributed by atoms with E-state index in [0.717, 1.165) is 0 Å². The molecular weight excluding hydrogens is 228 g/mol. The number of likely N-dealkylation sites (N-methyl/N-ethyl adjacent to an activating group) is 1. The van der Waals surface area contributed by atoms with Crippen molar-refractivity contribution < 1.29 is 18.3 Å². The molecule has 0 spiro atoms. The van der Waals surface area contributed by atoms with E-state index in [9.17, 15) is 13.6 Å². The van der Waals surface area contributed by atoms with Gasteiger partial charge in [0.2, 0.25) is 5.91 Å². The molecule has 0 unspecified atom stereocenters. The van der Waals surface area contributed by atoms with Gasteiger partial charge in [-0.25, -0.2) is 0 Å². The molecule has 0 bridgehead atoms. The molecular formula is C12H13F2NO2. The van der Waals surface area contributed by atoms with Crippen LogP contribution in [-0.4, -0.2) is 31.5 Å². The van der Waals surface area contributed by atoms with Crippen molar-refractivity contribution >= 4 is 12.0 Å². The average Bonchev–Trinajstić information content (AvgIpc) is 2.25. The lowest BCUT2D eigenvalue weighted by Crippen LogP contribution is -2.18. The molecule has 0 aromatic heterocycles. The summed E-state index contributed by atoms with van der Waals surface area (Å²) in [5.74, 6) is -0.107. The summed E-state index contributed by atoms with van der Waals surface area (Å²) in [4.78, 5) is 12.7. The van der Waals surface area contributed by atoms with E-state index >= 15 is 0 Å². The summed E-state index contributed by atoms with van der Waals surface area (Å²) in [7, 11) is 3.26. The predicted molar refractivity (Wildman–Crippen MR) is 60.8 cm³/mol. The Bertz CT molecular complexity index is 417. The number of amides is 1. The summed E-state index contributed by atoms with van der Waals surface area (Å²) in [6.07, 6.45) is 2.90. The number of halogens is 2. The van der Waals surface area contributed by atoms with E-state index in [1.165, 1.54) is 23.1 Å². The zero-order chi connectivity index (χ0) is 12.8. The number of rotatable bonds is 4. The molecule has 0 aliphatic heterocycles. The quantitative estimate of drug-likeness (QED) is 0.757. The first-order valence-corrected chi connectivity index (χ1v) is 4.93. The normalized spacial score (nSPS) is 10.9. The molecule has 1 amide bonds. The molecule has 5 heteroatoms. The van der Waals surface area contributed by atoms with Crippen LogP contribution in [-0.2, 0) is 4.79 Å². The van der Waals surface area contributed by atoms with Gasteiger partial charge in [-0.15, -0.1) is 0 Å². The fourth-order valence-corrected chi connectivity index (χ4v) is 1.11. The topological polar surface area (TPSA) is 29.5 Å². The molecule has 1 aromatic carbocycles. The van der Waals surface area contributed by atoms with Crippen molar-refractivity contribution in [1.82, 2.24) is 4.90 Å². The van der Waals surface area contributed by atoms with E-state index in [0.29, 0.717) is 5.56 Å². The average molecular weight is 241 g/mol. The molecule has 1 aromatic rings. The van der Waals surface area contributed by atoms with Crippen molar-refractivity contribution in [3.8, 4) is 5.75 Å². The molecule has 0 aliphatic rings. The minimum Gasteiger partial charge on any atom is -0.435 e. The smallest absolute Gasteiger partial charge is 0.387 e. The first-order chi connectivity index (χ1) is 7.99. The summed E-state index contributed by atoms with van der Waals surface area (Å²) >= 11 is 0. The van der Waals surface area contributed by atoms with Gasteiger partial charge in [0.1, 0.15) is 5.75 Å². The van der Waals surface area contributed by atoms with Crippen LogP contribution in [0.1, 0.15) is 5.56 Å².